The largest absolute Gasteiger partial charge is 0.342 e. The summed E-state index contributed by atoms with van der Waals surface area (Å²) >= 11 is 0. The average molecular weight is 398 g/mol. The van der Waals surface area contributed by atoms with Crippen molar-refractivity contribution in [2.45, 2.75) is 46.5 Å². The summed E-state index contributed by atoms with van der Waals surface area (Å²) in [5, 5.41) is 11.4. The van der Waals surface area contributed by atoms with Gasteiger partial charge in [0.1, 0.15) is 0 Å². The van der Waals surface area contributed by atoms with E-state index in [1.165, 1.54) is 11.1 Å². The summed E-state index contributed by atoms with van der Waals surface area (Å²) in [6.07, 6.45) is 1.42. The first-order chi connectivity index (χ1) is 14.3. The van der Waals surface area contributed by atoms with Crippen LogP contribution < -0.4 is 5.32 Å². The number of benzene rings is 2. The van der Waals surface area contributed by atoms with Gasteiger partial charge >= 0.3 is 0 Å². The second-order valence-electron chi connectivity index (χ2n) is 9.53. The molecule has 152 valence electrons. The third kappa shape index (κ3) is 3.07. The Bertz CT molecular complexity index is 1160. The lowest BCUT2D eigenvalue weighted by Gasteiger charge is -2.38. The number of carbonyl (C=O) groups is 1. The summed E-state index contributed by atoms with van der Waals surface area (Å²) in [5.41, 5.74) is 8.58. The molecule has 30 heavy (non-hydrogen) atoms. The van der Waals surface area contributed by atoms with Crippen molar-refractivity contribution in [3.8, 4) is 11.3 Å². The van der Waals surface area contributed by atoms with E-state index in [1.54, 1.807) is 0 Å². The maximum atomic E-state index is 13.4. The Labute approximate surface area is 177 Å². The van der Waals surface area contributed by atoms with Crippen molar-refractivity contribution < 1.29 is 4.79 Å². The molecule has 2 aromatic carbocycles. The lowest BCUT2D eigenvalue weighted by atomic mass is 9.69. The fourth-order valence-electron chi connectivity index (χ4n) is 4.83. The van der Waals surface area contributed by atoms with Crippen molar-refractivity contribution >= 4 is 11.6 Å². The molecule has 3 aromatic rings. The zero-order valence-electron chi connectivity index (χ0n) is 18.0. The van der Waals surface area contributed by atoms with Crippen molar-refractivity contribution in [3.05, 3.63) is 82.1 Å². The van der Waals surface area contributed by atoms with Gasteiger partial charge in [-0.3, -0.25) is 9.89 Å². The van der Waals surface area contributed by atoms with Crippen LogP contribution in [0.1, 0.15) is 54.9 Å². The van der Waals surface area contributed by atoms with Crippen LogP contribution in [0.4, 0.5) is 5.82 Å². The molecule has 0 fully saturated rings. The molecule has 1 aromatic heterocycles. The number of allylic oxidation sites excluding steroid dienone is 2. The van der Waals surface area contributed by atoms with Gasteiger partial charge in [-0.2, -0.15) is 5.10 Å². The highest BCUT2D eigenvalue weighted by atomic mass is 16.1. The number of rotatable bonds is 2. The molecule has 0 radical (unpaired) electrons. The molecule has 0 amide bonds. The Kier molecular flexibility index (Phi) is 4.21. The van der Waals surface area contributed by atoms with Crippen molar-refractivity contribution in [3.63, 3.8) is 0 Å². The van der Waals surface area contributed by atoms with E-state index in [0.29, 0.717) is 6.42 Å². The number of nitrogens with zero attached hydrogens (tertiary/aromatic N) is 1. The standard InChI is InChI=1S/C26H27N3O/c1-15-5-9-17(10-6-15)21-22-19(13-26(3,4)14-20(22)30)27-25-23(21)24(28-29-25)18-11-7-16(2)8-12-18/h5-12,21H,13-14H2,1-4H3,(H2,27,28,29)/t21-/m1/s1. The first kappa shape index (κ1) is 18.9. The van der Waals surface area contributed by atoms with Crippen molar-refractivity contribution in [2.75, 3.05) is 5.32 Å². The predicted molar refractivity (Wildman–Crippen MR) is 120 cm³/mol. The normalized spacial score (nSPS) is 19.9. The molecule has 0 bridgehead atoms. The zero-order chi connectivity index (χ0) is 21.0. The summed E-state index contributed by atoms with van der Waals surface area (Å²) < 4.78 is 0. The Morgan fingerprint density at radius 1 is 0.933 bits per heavy atom. The topological polar surface area (TPSA) is 57.8 Å². The highest BCUT2D eigenvalue weighted by Crippen LogP contribution is 2.50. The van der Waals surface area contributed by atoms with Gasteiger partial charge in [-0.05, 0) is 36.8 Å². The number of Topliss-reactive ketones (excluding diaryl/α,β-unsaturated/α-hetero) is 1. The highest BCUT2D eigenvalue weighted by molar-refractivity contribution is 6.02. The Morgan fingerprint density at radius 3 is 2.23 bits per heavy atom. The zero-order valence-corrected chi connectivity index (χ0v) is 18.0. The SMILES string of the molecule is Cc1ccc(-c2[nH]nc3c2[C@H](c2ccc(C)cc2)C2=C(CC(C)(C)CC2=O)N3)cc1. The molecule has 0 spiro atoms. The number of anilines is 1. The van der Waals surface area contributed by atoms with Gasteiger partial charge in [-0.25, -0.2) is 0 Å². The van der Waals surface area contributed by atoms with E-state index in [9.17, 15) is 4.79 Å². The van der Waals surface area contributed by atoms with Crippen molar-refractivity contribution in [1.82, 2.24) is 10.2 Å². The molecule has 2 aliphatic rings. The highest BCUT2D eigenvalue weighted by Gasteiger charge is 2.42. The fraction of sp³-hybridized carbons (Fsp3) is 0.308. The van der Waals surface area contributed by atoms with Crippen LogP contribution in [0.15, 0.2) is 59.8 Å². The minimum atomic E-state index is -0.115. The monoisotopic (exact) mass is 397 g/mol. The molecular formula is C26H27N3O. The molecule has 1 atom stereocenters. The number of hydrogen-bond donors (Lipinski definition) is 2. The molecule has 5 rings (SSSR count). The second kappa shape index (κ2) is 6.69. The number of fused-ring (bicyclic) bond motifs is 1. The van der Waals surface area contributed by atoms with E-state index in [1.807, 2.05) is 0 Å². The molecule has 4 nitrogen and oxygen atoms in total. The fourth-order valence-corrected chi connectivity index (χ4v) is 4.83. The molecule has 0 saturated heterocycles. The van der Waals surface area contributed by atoms with Crippen molar-refractivity contribution in [2.24, 2.45) is 5.41 Å². The van der Waals surface area contributed by atoms with Crippen LogP contribution in [-0.2, 0) is 4.79 Å². The predicted octanol–water partition coefficient (Wildman–Crippen LogP) is 5.89. The van der Waals surface area contributed by atoms with Gasteiger partial charge in [0.15, 0.2) is 11.6 Å². The third-order valence-electron chi connectivity index (χ3n) is 6.32. The molecule has 0 saturated carbocycles. The van der Waals surface area contributed by atoms with Crippen molar-refractivity contribution in [1.29, 1.82) is 0 Å². The van der Waals surface area contributed by atoms with E-state index >= 15 is 0 Å². The summed E-state index contributed by atoms with van der Waals surface area (Å²) in [6.45, 7) is 8.50. The minimum Gasteiger partial charge on any atom is -0.342 e. The van der Waals surface area contributed by atoms with Crippen LogP contribution in [0.2, 0.25) is 0 Å². The van der Waals surface area contributed by atoms with Gasteiger partial charge in [0.2, 0.25) is 0 Å². The van der Waals surface area contributed by atoms with E-state index in [4.69, 9.17) is 0 Å². The number of nitrogens with one attached hydrogen (secondary N) is 2. The number of aryl methyl sites for hydroxylation is 2. The first-order valence-electron chi connectivity index (χ1n) is 10.6. The third-order valence-corrected chi connectivity index (χ3v) is 6.32. The Hall–Kier alpha value is -3.14. The van der Waals surface area contributed by atoms with Gasteiger partial charge in [-0.1, -0.05) is 73.5 Å². The Morgan fingerprint density at radius 2 is 1.57 bits per heavy atom. The summed E-state index contributed by atoms with van der Waals surface area (Å²) in [5.74, 6) is 0.955. The summed E-state index contributed by atoms with van der Waals surface area (Å²) in [7, 11) is 0. The van der Waals surface area contributed by atoms with E-state index in [0.717, 1.165) is 45.9 Å². The first-order valence-corrected chi connectivity index (χ1v) is 10.6. The number of aromatic nitrogens is 2. The minimum absolute atomic E-state index is 0.0473. The maximum Gasteiger partial charge on any atom is 0.162 e. The van der Waals surface area contributed by atoms with Crippen LogP contribution in [0.5, 0.6) is 0 Å². The molecule has 1 aliphatic heterocycles. The lowest BCUT2D eigenvalue weighted by molar-refractivity contribution is -0.118. The molecule has 1 aliphatic carbocycles. The smallest absolute Gasteiger partial charge is 0.162 e. The van der Waals surface area contributed by atoms with Gasteiger partial charge in [-0.15, -0.1) is 0 Å². The lowest BCUT2D eigenvalue weighted by Crippen LogP contribution is -2.33. The number of ketones is 1. The van der Waals surface area contributed by atoms with Gasteiger partial charge < -0.3 is 5.32 Å². The van der Waals surface area contributed by atoms with Gasteiger partial charge in [0, 0.05) is 29.2 Å². The summed E-state index contributed by atoms with van der Waals surface area (Å²) in [4.78, 5) is 13.4. The molecule has 0 unspecified atom stereocenters. The quantitative estimate of drug-likeness (QED) is 0.566. The van der Waals surface area contributed by atoms with E-state index < -0.39 is 0 Å². The van der Waals surface area contributed by atoms with Crippen LogP contribution in [0, 0.1) is 19.3 Å². The molecule has 2 heterocycles. The van der Waals surface area contributed by atoms with E-state index in [-0.39, 0.29) is 17.1 Å². The number of hydrogen-bond acceptors (Lipinski definition) is 3. The van der Waals surface area contributed by atoms with Crippen LogP contribution in [0.3, 0.4) is 0 Å². The molecule has 4 heteroatoms. The van der Waals surface area contributed by atoms with Gasteiger partial charge in [0.25, 0.3) is 0 Å². The van der Waals surface area contributed by atoms with Crippen LogP contribution >= 0.6 is 0 Å². The number of carbonyl (C=O) groups excluding carboxylic acids is 1. The molecular weight excluding hydrogens is 370 g/mol. The number of H-pyrrole nitrogens is 1. The number of aromatic amines is 1. The Balaban J connectivity index is 1.73. The van der Waals surface area contributed by atoms with Gasteiger partial charge in [0.05, 0.1) is 5.69 Å². The van der Waals surface area contributed by atoms with Crippen LogP contribution in [0.25, 0.3) is 11.3 Å². The summed E-state index contributed by atoms with van der Waals surface area (Å²) in [6, 6.07) is 17.0. The average Bonchev–Trinajstić information content (AvgIpc) is 3.10. The second-order valence-corrected chi connectivity index (χ2v) is 9.53. The van der Waals surface area contributed by atoms with Crippen LogP contribution in [-0.4, -0.2) is 16.0 Å². The molecule has 2 N–H and O–H groups in total. The maximum absolute atomic E-state index is 13.4. The van der Waals surface area contributed by atoms with E-state index in [2.05, 4.69) is 91.7 Å².